The highest BCUT2D eigenvalue weighted by Crippen LogP contribution is 2.67. The lowest BCUT2D eigenvalue weighted by Crippen LogP contribution is -2.71. The van der Waals surface area contributed by atoms with Crippen LogP contribution in [0.1, 0.15) is 105 Å². The summed E-state index contributed by atoms with van der Waals surface area (Å²) in [6.45, 7) is 10.5. The van der Waals surface area contributed by atoms with Gasteiger partial charge in [0.2, 0.25) is 0 Å². The van der Waals surface area contributed by atoms with E-state index in [4.69, 9.17) is 23.4 Å². The highest BCUT2D eigenvalue weighted by atomic mass is 16.6. The van der Waals surface area contributed by atoms with Crippen LogP contribution in [0.25, 0.3) is 11.3 Å². The molecule has 8 atom stereocenters. The van der Waals surface area contributed by atoms with Gasteiger partial charge in [0.1, 0.15) is 41.5 Å². The van der Waals surface area contributed by atoms with Crippen molar-refractivity contribution in [2.45, 2.75) is 117 Å². The molecule has 0 bridgehead atoms. The van der Waals surface area contributed by atoms with Crippen LogP contribution in [0.2, 0.25) is 0 Å². The maximum Gasteiger partial charge on any atom is 0.345 e. The predicted octanol–water partition coefficient (Wildman–Crippen LogP) is 5.71. The van der Waals surface area contributed by atoms with Crippen molar-refractivity contribution in [1.29, 1.82) is 0 Å². The van der Waals surface area contributed by atoms with Crippen molar-refractivity contribution < 1.29 is 42.9 Å². The van der Waals surface area contributed by atoms with Gasteiger partial charge in [-0.05, 0) is 56.1 Å². The van der Waals surface area contributed by atoms with Gasteiger partial charge in [0.15, 0.2) is 0 Å². The summed E-state index contributed by atoms with van der Waals surface area (Å²) < 4.78 is 30.2. The van der Waals surface area contributed by atoms with E-state index in [1.165, 1.54) is 13.8 Å². The number of nitrogens with zero attached hydrogens (tertiary/aromatic N) is 1. The first-order valence-electron chi connectivity index (χ1n) is 16.7. The largest absolute Gasteiger partial charge is 0.482 e. The van der Waals surface area contributed by atoms with Gasteiger partial charge in [-0.1, -0.05) is 40.0 Å². The Bertz CT molecular complexity index is 1540. The lowest BCUT2D eigenvalue weighted by atomic mass is 9.42. The lowest BCUT2D eigenvalue weighted by Gasteiger charge is -2.66. The minimum Gasteiger partial charge on any atom is -0.482 e. The lowest BCUT2D eigenvalue weighted by molar-refractivity contribution is -0.271. The van der Waals surface area contributed by atoms with Gasteiger partial charge in [-0.3, -0.25) is 19.4 Å². The van der Waals surface area contributed by atoms with E-state index >= 15 is 0 Å². The Labute approximate surface area is 275 Å². The SMILES string of the molecule is CCCCCCC(=O)O[C@H]1C[C@H]2[C@](C)(COC(C)=O)[C@@H](OC(C)=O)CC[C@]2(C)[C@H]2[C@@H](O)c3c(cc(-c4cccnc4)oc3=O)O[C@]12C. The number of aromatic nitrogens is 1. The Morgan fingerprint density at radius 3 is 2.49 bits per heavy atom. The average molecular weight is 654 g/mol. The molecule has 0 saturated heterocycles. The number of pyridine rings is 1. The summed E-state index contributed by atoms with van der Waals surface area (Å²) in [5, 5.41) is 12.3. The van der Waals surface area contributed by atoms with Gasteiger partial charge in [0.25, 0.3) is 0 Å². The molecule has 2 fully saturated rings. The molecule has 0 radical (unpaired) electrons. The first-order chi connectivity index (χ1) is 22.2. The molecule has 11 nitrogen and oxygen atoms in total. The fourth-order valence-electron chi connectivity index (χ4n) is 8.75. The zero-order valence-electron chi connectivity index (χ0n) is 28.2. The number of aliphatic hydroxyl groups excluding tert-OH is 1. The van der Waals surface area contributed by atoms with E-state index < -0.39 is 58.2 Å². The summed E-state index contributed by atoms with van der Waals surface area (Å²) in [4.78, 5) is 55.4. The van der Waals surface area contributed by atoms with Crippen molar-refractivity contribution in [3.8, 4) is 17.1 Å². The fourth-order valence-corrected chi connectivity index (χ4v) is 8.75. The Morgan fingerprint density at radius 2 is 1.83 bits per heavy atom. The minimum atomic E-state index is -1.34. The summed E-state index contributed by atoms with van der Waals surface area (Å²) in [7, 11) is 0. The van der Waals surface area contributed by atoms with Crippen LogP contribution < -0.4 is 10.4 Å². The zero-order chi connectivity index (χ0) is 34.1. The molecule has 256 valence electrons. The quantitative estimate of drug-likeness (QED) is 0.191. The standard InChI is InChI=1S/C36H47NO10/c1-7-8-9-10-13-29(40)46-28-18-26-34(4,15-14-27(44-22(3)39)35(26,5)20-43-21(2)38)32-31(41)30-25(47-36(28,32)6)17-24(45-33(30)42)23-12-11-16-37-19-23/h11-12,16-17,19,26-28,31-32,41H,7-10,13-15,18,20H2,1-6H3/t26-,27+,28+,31+,32-,34+,35+,36-/m1/s1. The number of carbonyl (C=O) groups is 3. The highest BCUT2D eigenvalue weighted by molar-refractivity contribution is 5.70. The zero-order valence-corrected chi connectivity index (χ0v) is 28.2. The van der Waals surface area contributed by atoms with Gasteiger partial charge < -0.3 is 28.5 Å². The summed E-state index contributed by atoms with van der Waals surface area (Å²) in [6.07, 6.45) is 5.44. The van der Waals surface area contributed by atoms with E-state index in [1.54, 1.807) is 30.6 Å². The molecule has 1 N–H and O–H groups in total. The molecule has 11 heteroatoms. The number of ether oxygens (including phenoxy) is 4. The van der Waals surface area contributed by atoms with Gasteiger partial charge in [0.05, 0.1) is 6.10 Å². The summed E-state index contributed by atoms with van der Waals surface area (Å²) in [5.74, 6) is -2.06. The topological polar surface area (TPSA) is 151 Å². The van der Waals surface area contributed by atoms with Crippen LogP contribution in [0.4, 0.5) is 0 Å². The van der Waals surface area contributed by atoms with E-state index in [1.807, 2.05) is 20.8 Å². The van der Waals surface area contributed by atoms with Crippen LogP contribution in [0.3, 0.4) is 0 Å². The molecule has 0 spiro atoms. The van der Waals surface area contributed by atoms with E-state index in [0.717, 1.165) is 19.3 Å². The molecule has 3 aliphatic rings. The molecule has 2 aromatic rings. The summed E-state index contributed by atoms with van der Waals surface area (Å²) in [5.41, 5.74) is -3.08. The smallest absolute Gasteiger partial charge is 0.345 e. The molecule has 2 aromatic heterocycles. The molecule has 1 aliphatic heterocycles. The van der Waals surface area contributed by atoms with Gasteiger partial charge in [-0.25, -0.2) is 4.79 Å². The van der Waals surface area contributed by atoms with Crippen LogP contribution in [0.5, 0.6) is 5.75 Å². The van der Waals surface area contributed by atoms with E-state index in [2.05, 4.69) is 11.9 Å². The Morgan fingerprint density at radius 1 is 1.06 bits per heavy atom. The third kappa shape index (κ3) is 6.43. The summed E-state index contributed by atoms with van der Waals surface area (Å²) >= 11 is 0. The number of aliphatic hydroxyl groups is 1. The maximum atomic E-state index is 13.6. The van der Waals surface area contributed by atoms with Crippen molar-refractivity contribution in [1.82, 2.24) is 4.98 Å². The summed E-state index contributed by atoms with van der Waals surface area (Å²) in [6, 6.07) is 5.06. The number of hydrogen-bond acceptors (Lipinski definition) is 11. The molecule has 47 heavy (non-hydrogen) atoms. The van der Waals surface area contributed by atoms with Crippen LogP contribution in [0, 0.1) is 22.7 Å². The van der Waals surface area contributed by atoms with Crippen molar-refractivity contribution in [2.24, 2.45) is 22.7 Å². The second-order valence-electron chi connectivity index (χ2n) is 14.1. The number of esters is 3. The first kappa shape index (κ1) is 34.6. The molecular weight excluding hydrogens is 606 g/mol. The molecule has 2 aliphatic carbocycles. The normalized spacial score (nSPS) is 32.5. The number of rotatable bonds is 10. The fraction of sp³-hybridized carbons (Fsp3) is 0.639. The molecular formula is C36H47NO10. The Kier molecular flexibility index (Phi) is 9.87. The van der Waals surface area contributed by atoms with E-state index in [-0.39, 0.29) is 42.0 Å². The van der Waals surface area contributed by atoms with E-state index in [0.29, 0.717) is 31.2 Å². The van der Waals surface area contributed by atoms with Crippen LogP contribution >= 0.6 is 0 Å². The van der Waals surface area contributed by atoms with Crippen molar-refractivity contribution >= 4 is 17.9 Å². The van der Waals surface area contributed by atoms with E-state index in [9.17, 15) is 24.3 Å². The van der Waals surface area contributed by atoms with Crippen molar-refractivity contribution in [3.63, 3.8) is 0 Å². The van der Waals surface area contributed by atoms with Crippen LogP contribution in [-0.2, 0) is 28.6 Å². The second kappa shape index (κ2) is 13.4. The van der Waals surface area contributed by atoms with Crippen LogP contribution in [-0.4, -0.2) is 52.4 Å². The molecule has 0 aromatic carbocycles. The molecule has 5 rings (SSSR count). The molecule has 2 saturated carbocycles. The first-order valence-corrected chi connectivity index (χ1v) is 16.7. The highest BCUT2D eigenvalue weighted by Gasteiger charge is 2.70. The van der Waals surface area contributed by atoms with Crippen molar-refractivity contribution in [2.75, 3.05) is 6.61 Å². The number of fused-ring (bicyclic) bond motifs is 4. The number of unbranched alkanes of at least 4 members (excludes halogenated alkanes) is 3. The van der Waals surface area contributed by atoms with Gasteiger partial charge in [-0.2, -0.15) is 0 Å². The van der Waals surface area contributed by atoms with Gasteiger partial charge >= 0.3 is 23.5 Å². The molecule has 0 amide bonds. The molecule has 3 heterocycles. The number of carbonyl (C=O) groups excluding carboxylic acids is 3. The van der Waals surface area contributed by atoms with Gasteiger partial charge in [0, 0.05) is 55.6 Å². The van der Waals surface area contributed by atoms with Crippen molar-refractivity contribution in [3.05, 3.63) is 46.6 Å². The predicted molar refractivity (Wildman–Crippen MR) is 170 cm³/mol. The second-order valence-corrected chi connectivity index (χ2v) is 14.1. The third-order valence-electron chi connectivity index (χ3n) is 10.9. The monoisotopic (exact) mass is 653 g/mol. The minimum absolute atomic E-state index is 0.00423. The Hall–Kier alpha value is -3.73. The molecule has 0 unspecified atom stereocenters. The Balaban J connectivity index is 1.62. The number of hydrogen-bond donors (Lipinski definition) is 1. The van der Waals surface area contributed by atoms with Crippen LogP contribution in [0.15, 0.2) is 39.8 Å². The average Bonchev–Trinajstić information content (AvgIpc) is 3.01. The van der Waals surface area contributed by atoms with Gasteiger partial charge in [-0.15, -0.1) is 0 Å². The third-order valence-corrected chi connectivity index (χ3v) is 10.9. The maximum absolute atomic E-state index is 13.6.